The number of hydrogen-bond acceptors (Lipinski definition) is 7. The van der Waals surface area contributed by atoms with Gasteiger partial charge >= 0.3 is 5.76 Å². The molecule has 9 nitrogen and oxygen atoms in total. The Hall–Kier alpha value is -3.33. The van der Waals surface area contributed by atoms with Crippen molar-refractivity contribution in [3.05, 3.63) is 46.6 Å². The Morgan fingerprint density at radius 2 is 2.11 bits per heavy atom. The molecule has 0 spiro atoms. The molecule has 4 rings (SSSR count). The van der Waals surface area contributed by atoms with Crippen molar-refractivity contribution in [2.24, 2.45) is 12.8 Å². The van der Waals surface area contributed by atoms with Crippen molar-refractivity contribution in [3.63, 3.8) is 0 Å². The van der Waals surface area contributed by atoms with Gasteiger partial charge in [-0.25, -0.2) is 9.78 Å². The van der Waals surface area contributed by atoms with Gasteiger partial charge < -0.3 is 26.1 Å². The van der Waals surface area contributed by atoms with Gasteiger partial charge in [-0.1, -0.05) is 0 Å². The summed E-state index contributed by atoms with van der Waals surface area (Å²) in [6.45, 7) is 1.87. The van der Waals surface area contributed by atoms with E-state index < -0.39 is 11.7 Å². The number of oxazole rings is 1. The summed E-state index contributed by atoms with van der Waals surface area (Å²) in [6, 6.07) is 7.41. The average Bonchev–Trinajstić information content (AvgIpc) is 2.96. The molecule has 0 unspecified atom stereocenters. The number of aromatic nitrogens is 2. The minimum Gasteiger partial charge on any atom is -0.408 e. The normalized spacial score (nSPS) is 14.9. The molecular weight excluding hydrogens is 360 g/mol. The van der Waals surface area contributed by atoms with Gasteiger partial charge in [-0.3, -0.25) is 9.36 Å². The van der Waals surface area contributed by atoms with E-state index in [1.54, 1.807) is 25.2 Å². The summed E-state index contributed by atoms with van der Waals surface area (Å²) in [5, 5.41) is 9.91. The van der Waals surface area contributed by atoms with E-state index in [0.29, 0.717) is 33.9 Å². The van der Waals surface area contributed by atoms with Crippen LogP contribution in [0, 0.1) is 0 Å². The van der Waals surface area contributed by atoms with Crippen molar-refractivity contribution in [1.82, 2.24) is 14.9 Å². The van der Waals surface area contributed by atoms with Gasteiger partial charge in [0.2, 0.25) is 0 Å². The smallest absolute Gasteiger partial charge is 0.408 e. The molecule has 1 fully saturated rings. The number of rotatable bonds is 5. The summed E-state index contributed by atoms with van der Waals surface area (Å²) < 4.78 is 6.66. The number of primary amides is 1. The van der Waals surface area contributed by atoms with Crippen molar-refractivity contribution >= 4 is 34.2 Å². The number of aryl methyl sites for hydroxylation is 1. The maximum absolute atomic E-state index is 11.8. The molecule has 1 aromatic carbocycles. The molecule has 1 saturated heterocycles. The van der Waals surface area contributed by atoms with Crippen molar-refractivity contribution in [2.45, 2.75) is 18.9 Å². The highest BCUT2D eigenvalue weighted by Crippen LogP contribution is 2.25. The summed E-state index contributed by atoms with van der Waals surface area (Å²) in [7, 11) is 1.66. The van der Waals surface area contributed by atoms with Gasteiger partial charge in [-0.05, 0) is 38.1 Å². The largest absolute Gasteiger partial charge is 0.419 e. The predicted molar refractivity (Wildman–Crippen MR) is 107 cm³/mol. The number of nitrogens with two attached hydrogens (primary N) is 1. The fourth-order valence-corrected chi connectivity index (χ4v) is 3.39. The fourth-order valence-electron chi connectivity index (χ4n) is 3.39. The molecule has 0 bridgehead atoms. The first-order valence-corrected chi connectivity index (χ1v) is 9.15. The quantitative estimate of drug-likeness (QED) is 0.527. The highest BCUT2D eigenvalue weighted by molar-refractivity contribution is 5.98. The van der Waals surface area contributed by atoms with Crippen molar-refractivity contribution in [1.29, 1.82) is 0 Å². The number of hydrogen-bond donors (Lipinski definition) is 4. The predicted octanol–water partition coefficient (Wildman–Crippen LogP) is 1.53. The van der Waals surface area contributed by atoms with Crippen molar-refractivity contribution in [3.8, 4) is 0 Å². The molecule has 2 aromatic heterocycles. The molecule has 28 heavy (non-hydrogen) atoms. The van der Waals surface area contributed by atoms with Crippen LogP contribution in [-0.2, 0) is 7.05 Å². The SMILES string of the molecule is Cn1c(=O)oc2cc(Nc3cc(NC4CCNCC4)c(C(N)=O)cn3)ccc21. The van der Waals surface area contributed by atoms with E-state index in [1.807, 2.05) is 6.07 Å². The van der Waals surface area contributed by atoms with E-state index in [4.69, 9.17) is 10.2 Å². The molecule has 0 aliphatic carbocycles. The third-order valence-corrected chi connectivity index (χ3v) is 4.93. The maximum Gasteiger partial charge on any atom is 0.419 e. The van der Waals surface area contributed by atoms with Crippen LogP contribution in [0.25, 0.3) is 11.1 Å². The molecular formula is C19H22N6O3. The second-order valence-electron chi connectivity index (χ2n) is 6.88. The molecule has 1 aliphatic rings. The van der Waals surface area contributed by atoms with E-state index in [2.05, 4.69) is 20.9 Å². The van der Waals surface area contributed by atoms with E-state index in [1.165, 1.54) is 10.8 Å². The number of benzene rings is 1. The number of anilines is 3. The Labute approximate surface area is 160 Å². The van der Waals surface area contributed by atoms with Crippen LogP contribution in [0.2, 0.25) is 0 Å². The first kappa shape index (κ1) is 18.1. The molecule has 9 heteroatoms. The number of nitrogens with zero attached hydrogens (tertiary/aromatic N) is 2. The first-order chi connectivity index (χ1) is 13.5. The minimum atomic E-state index is -0.525. The molecule has 5 N–H and O–H groups in total. The molecule has 1 aliphatic heterocycles. The van der Waals surface area contributed by atoms with Gasteiger partial charge in [-0.2, -0.15) is 0 Å². The summed E-state index contributed by atoms with van der Waals surface area (Å²) >= 11 is 0. The number of carbonyl (C=O) groups is 1. The summed E-state index contributed by atoms with van der Waals surface area (Å²) in [5.74, 6) is -0.383. The zero-order chi connectivity index (χ0) is 19.7. The second kappa shape index (κ2) is 7.35. The van der Waals surface area contributed by atoms with Gasteiger partial charge in [0.05, 0.1) is 16.8 Å². The van der Waals surface area contributed by atoms with Crippen molar-refractivity contribution in [2.75, 3.05) is 23.7 Å². The first-order valence-electron chi connectivity index (χ1n) is 9.15. The van der Waals surface area contributed by atoms with E-state index in [0.717, 1.165) is 25.9 Å². The van der Waals surface area contributed by atoms with Crippen LogP contribution in [0.15, 0.2) is 39.7 Å². The van der Waals surface area contributed by atoms with E-state index in [9.17, 15) is 9.59 Å². The number of fused-ring (bicyclic) bond motifs is 1. The second-order valence-corrected chi connectivity index (χ2v) is 6.88. The Kier molecular flexibility index (Phi) is 4.74. The third kappa shape index (κ3) is 3.56. The Morgan fingerprint density at radius 3 is 2.86 bits per heavy atom. The molecule has 0 saturated carbocycles. The number of amides is 1. The van der Waals surface area contributed by atoms with Crippen LogP contribution in [0.4, 0.5) is 17.2 Å². The summed E-state index contributed by atoms with van der Waals surface area (Å²) in [6.07, 6.45) is 3.40. The number of nitrogens with one attached hydrogen (secondary N) is 3. The highest BCUT2D eigenvalue weighted by Gasteiger charge is 2.17. The minimum absolute atomic E-state index is 0.268. The lowest BCUT2D eigenvalue weighted by atomic mass is 10.1. The van der Waals surface area contributed by atoms with Crippen LogP contribution in [0.3, 0.4) is 0 Å². The van der Waals surface area contributed by atoms with Crippen LogP contribution < -0.4 is 27.4 Å². The van der Waals surface area contributed by atoms with Gasteiger partial charge in [0.1, 0.15) is 5.82 Å². The van der Waals surface area contributed by atoms with Crippen LogP contribution in [0.1, 0.15) is 23.2 Å². The van der Waals surface area contributed by atoms with Crippen LogP contribution in [0.5, 0.6) is 0 Å². The molecule has 0 radical (unpaired) electrons. The number of pyridine rings is 1. The Bertz CT molecular complexity index is 1080. The zero-order valence-corrected chi connectivity index (χ0v) is 15.5. The Morgan fingerprint density at radius 1 is 1.32 bits per heavy atom. The molecule has 3 heterocycles. The lowest BCUT2D eigenvalue weighted by Crippen LogP contribution is -2.35. The lowest BCUT2D eigenvalue weighted by molar-refractivity contribution is 0.100. The van der Waals surface area contributed by atoms with Crippen molar-refractivity contribution < 1.29 is 9.21 Å². The molecule has 1 amide bonds. The van der Waals surface area contributed by atoms with E-state index >= 15 is 0 Å². The van der Waals surface area contributed by atoms with Gasteiger partial charge in [0.15, 0.2) is 5.58 Å². The van der Waals surface area contributed by atoms with E-state index in [-0.39, 0.29) is 6.04 Å². The molecule has 146 valence electrons. The standard InChI is InChI=1S/C19H22N6O3/c1-25-15-3-2-12(8-16(15)28-19(25)27)24-17-9-14(13(10-22-17)18(20)26)23-11-4-6-21-7-5-11/h2-3,8-11,21H,4-7H2,1H3,(H2,20,26)(H2,22,23,24). The summed E-state index contributed by atoms with van der Waals surface area (Å²) in [5.41, 5.74) is 8.43. The molecule has 3 aromatic rings. The fraction of sp³-hybridized carbons (Fsp3) is 0.316. The third-order valence-electron chi connectivity index (χ3n) is 4.93. The maximum atomic E-state index is 11.8. The molecule has 0 atom stereocenters. The highest BCUT2D eigenvalue weighted by atomic mass is 16.4. The Balaban J connectivity index is 1.61. The number of piperidine rings is 1. The average molecular weight is 382 g/mol. The number of carbonyl (C=O) groups excluding carboxylic acids is 1. The zero-order valence-electron chi connectivity index (χ0n) is 15.5. The van der Waals surface area contributed by atoms with Crippen LogP contribution >= 0.6 is 0 Å². The van der Waals surface area contributed by atoms with Gasteiger partial charge in [0, 0.05) is 37.1 Å². The monoisotopic (exact) mass is 382 g/mol. The lowest BCUT2D eigenvalue weighted by Gasteiger charge is -2.25. The van der Waals surface area contributed by atoms with Crippen LogP contribution in [-0.4, -0.2) is 34.6 Å². The van der Waals surface area contributed by atoms with Gasteiger partial charge in [-0.15, -0.1) is 0 Å². The summed E-state index contributed by atoms with van der Waals surface area (Å²) in [4.78, 5) is 27.7. The van der Waals surface area contributed by atoms with Gasteiger partial charge in [0.25, 0.3) is 5.91 Å². The topological polar surface area (TPSA) is 127 Å².